The lowest BCUT2D eigenvalue weighted by atomic mass is 9.98. The Balaban J connectivity index is 1.06. The van der Waals surface area contributed by atoms with E-state index in [9.17, 15) is 19.2 Å². The summed E-state index contributed by atoms with van der Waals surface area (Å²) in [6, 6.07) is 8.78. The van der Waals surface area contributed by atoms with Crippen LogP contribution in [0.4, 0.5) is 10.5 Å². The van der Waals surface area contributed by atoms with Gasteiger partial charge in [0.15, 0.2) is 0 Å². The van der Waals surface area contributed by atoms with E-state index >= 15 is 0 Å². The van der Waals surface area contributed by atoms with Crippen LogP contribution in [-0.4, -0.2) is 111 Å². The van der Waals surface area contributed by atoms with Gasteiger partial charge in [-0.3, -0.25) is 19.5 Å². The van der Waals surface area contributed by atoms with E-state index in [1.807, 2.05) is 34.1 Å². The van der Waals surface area contributed by atoms with Crippen LogP contribution >= 0.6 is 0 Å². The van der Waals surface area contributed by atoms with Crippen LogP contribution in [0, 0.1) is 0 Å². The Kier molecular flexibility index (Phi) is 8.92. The second-order valence-corrected chi connectivity index (χ2v) is 12.2. The van der Waals surface area contributed by atoms with Crippen molar-refractivity contribution in [2.24, 2.45) is 0 Å². The standard InChI is InChI=1S/C31H42N8O4/c40-28(37-16-11-24(12-17-37)39-21-22-6-2-3-7-25(22)34-31(39)43)20-27(33-29(41)26-8-13-32-35-26)30(42)38-18-9-23(10-19-38)36-14-4-1-5-15-36/h2-3,6-8,13,23-24,27H,1,4-5,9-12,14-21H2,(H,32,35)(H,33,41)(H,34,43)/t27-/m0/s1. The van der Waals surface area contributed by atoms with Gasteiger partial charge in [0.05, 0.1) is 6.42 Å². The topological polar surface area (TPSA) is 134 Å². The van der Waals surface area contributed by atoms with E-state index in [0.29, 0.717) is 51.6 Å². The molecule has 0 aliphatic carbocycles. The third kappa shape index (κ3) is 6.69. The van der Waals surface area contributed by atoms with Crippen LogP contribution in [0.2, 0.25) is 0 Å². The predicted octanol–water partition coefficient (Wildman–Crippen LogP) is 2.41. The van der Waals surface area contributed by atoms with Gasteiger partial charge in [0.2, 0.25) is 11.8 Å². The van der Waals surface area contributed by atoms with E-state index in [0.717, 1.165) is 37.2 Å². The quantitative estimate of drug-likeness (QED) is 0.454. The smallest absolute Gasteiger partial charge is 0.322 e. The Bertz CT molecular complexity index is 1290. The average Bonchev–Trinajstić information content (AvgIpc) is 3.60. The summed E-state index contributed by atoms with van der Waals surface area (Å²) in [5, 5.41) is 12.4. The maximum Gasteiger partial charge on any atom is 0.322 e. The molecule has 1 aromatic carbocycles. The van der Waals surface area contributed by atoms with Crippen molar-refractivity contribution in [2.75, 3.05) is 44.6 Å². The molecule has 1 aromatic heterocycles. The zero-order valence-corrected chi connectivity index (χ0v) is 24.7. The molecule has 12 heteroatoms. The van der Waals surface area contributed by atoms with Crippen LogP contribution in [0.5, 0.6) is 0 Å². The van der Waals surface area contributed by atoms with Crippen LogP contribution in [0.3, 0.4) is 0 Å². The Labute approximate surface area is 252 Å². The van der Waals surface area contributed by atoms with Gasteiger partial charge < -0.3 is 30.2 Å². The molecular formula is C31H42N8O4. The number of anilines is 1. The first-order chi connectivity index (χ1) is 21.0. The number of amides is 5. The number of nitrogens with one attached hydrogen (secondary N) is 3. The molecule has 5 amide bonds. The highest BCUT2D eigenvalue weighted by molar-refractivity contribution is 5.97. The molecule has 0 bridgehead atoms. The first-order valence-electron chi connectivity index (χ1n) is 15.7. The van der Waals surface area contributed by atoms with Crippen molar-refractivity contribution < 1.29 is 19.2 Å². The maximum absolute atomic E-state index is 13.7. The van der Waals surface area contributed by atoms with Crippen molar-refractivity contribution >= 4 is 29.4 Å². The Morgan fingerprint density at radius 1 is 0.884 bits per heavy atom. The lowest BCUT2D eigenvalue weighted by Gasteiger charge is -2.41. The Morgan fingerprint density at radius 3 is 2.30 bits per heavy atom. The van der Waals surface area contributed by atoms with Crippen LogP contribution < -0.4 is 10.6 Å². The fourth-order valence-electron chi connectivity index (χ4n) is 7.02. The number of carbonyl (C=O) groups excluding carboxylic acids is 4. The molecule has 4 aliphatic heterocycles. The van der Waals surface area contributed by atoms with Crippen LogP contribution in [0.25, 0.3) is 0 Å². The van der Waals surface area contributed by atoms with Gasteiger partial charge in [0.25, 0.3) is 5.91 Å². The number of likely N-dealkylation sites (tertiary alicyclic amines) is 3. The van der Waals surface area contributed by atoms with E-state index in [1.54, 1.807) is 17.2 Å². The molecule has 0 spiro atoms. The molecule has 43 heavy (non-hydrogen) atoms. The summed E-state index contributed by atoms with van der Waals surface area (Å²) in [6.07, 6.45) is 8.32. The number of para-hydroxylation sites is 1. The zero-order valence-electron chi connectivity index (χ0n) is 24.7. The second kappa shape index (κ2) is 13.2. The van der Waals surface area contributed by atoms with Crippen molar-refractivity contribution in [2.45, 2.75) is 76.0 Å². The van der Waals surface area contributed by atoms with Gasteiger partial charge in [-0.1, -0.05) is 24.6 Å². The average molecular weight is 591 g/mol. The number of fused-ring (bicyclic) bond motifs is 1. The molecule has 2 aromatic rings. The van der Waals surface area contributed by atoms with E-state index < -0.39 is 11.9 Å². The van der Waals surface area contributed by atoms with E-state index in [1.165, 1.54) is 19.3 Å². The molecule has 230 valence electrons. The fourth-order valence-corrected chi connectivity index (χ4v) is 7.02. The molecule has 3 N–H and O–H groups in total. The number of benzene rings is 1. The molecule has 0 radical (unpaired) electrons. The van der Waals surface area contributed by atoms with E-state index in [-0.39, 0.29) is 36.0 Å². The number of hydrogen-bond acceptors (Lipinski definition) is 6. The molecule has 4 aliphatic rings. The van der Waals surface area contributed by atoms with E-state index in [2.05, 4.69) is 25.7 Å². The number of carbonyl (C=O) groups is 4. The van der Waals surface area contributed by atoms with Gasteiger partial charge in [0.1, 0.15) is 11.7 Å². The monoisotopic (exact) mass is 590 g/mol. The summed E-state index contributed by atoms with van der Waals surface area (Å²) in [5.74, 6) is -0.866. The zero-order chi connectivity index (χ0) is 29.8. The summed E-state index contributed by atoms with van der Waals surface area (Å²) < 4.78 is 0. The van der Waals surface area contributed by atoms with Crippen LogP contribution in [-0.2, 0) is 16.1 Å². The second-order valence-electron chi connectivity index (χ2n) is 12.2. The third-order valence-corrected chi connectivity index (χ3v) is 9.52. The number of piperidine rings is 3. The summed E-state index contributed by atoms with van der Waals surface area (Å²) in [6.45, 7) is 5.02. The fraction of sp³-hybridized carbons (Fsp3) is 0.581. The van der Waals surface area contributed by atoms with Gasteiger partial charge in [-0.15, -0.1) is 0 Å². The third-order valence-electron chi connectivity index (χ3n) is 9.52. The first-order valence-corrected chi connectivity index (χ1v) is 15.7. The summed E-state index contributed by atoms with van der Waals surface area (Å²) in [7, 11) is 0. The Morgan fingerprint density at radius 2 is 1.58 bits per heavy atom. The van der Waals surface area contributed by atoms with Crippen LogP contribution in [0.1, 0.15) is 67.4 Å². The number of H-pyrrole nitrogens is 1. The summed E-state index contributed by atoms with van der Waals surface area (Å²) in [5.41, 5.74) is 2.10. The normalized spacial score (nSPS) is 21.2. The minimum atomic E-state index is -0.967. The minimum absolute atomic E-state index is 0.0235. The molecule has 3 fully saturated rings. The molecule has 0 saturated carbocycles. The number of nitrogens with zero attached hydrogens (tertiary/aromatic N) is 5. The van der Waals surface area contributed by atoms with Gasteiger partial charge in [-0.2, -0.15) is 5.10 Å². The number of aromatic amines is 1. The minimum Gasteiger partial charge on any atom is -0.342 e. The number of rotatable bonds is 7. The van der Waals surface area contributed by atoms with Crippen molar-refractivity contribution in [1.82, 2.24) is 35.1 Å². The maximum atomic E-state index is 13.7. The molecular weight excluding hydrogens is 548 g/mol. The first kappa shape index (κ1) is 29.2. The SMILES string of the molecule is O=C(N[C@@H](CC(=O)N1CCC(N2Cc3ccccc3NC2=O)CC1)C(=O)N1CCC(N2CCCCC2)CC1)c1cc[nH]n1. The Hall–Kier alpha value is -3.93. The highest BCUT2D eigenvalue weighted by atomic mass is 16.2. The van der Waals surface area contributed by atoms with Crippen molar-refractivity contribution in [3.05, 3.63) is 47.8 Å². The molecule has 1 atom stereocenters. The van der Waals surface area contributed by atoms with Gasteiger partial charge in [-0.25, -0.2) is 4.79 Å². The van der Waals surface area contributed by atoms with Gasteiger partial charge >= 0.3 is 6.03 Å². The predicted molar refractivity (Wildman–Crippen MR) is 160 cm³/mol. The molecule has 5 heterocycles. The van der Waals surface area contributed by atoms with Crippen molar-refractivity contribution in [3.63, 3.8) is 0 Å². The highest BCUT2D eigenvalue weighted by Gasteiger charge is 2.36. The largest absolute Gasteiger partial charge is 0.342 e. The molecule has 0 unspecified atom stereocenters. The van der Waals surface area contributed by atoms with Gasteiger partial charge in [-0.05, 0) is 69.3 Å². The molecule has 12 nitrogen and oxygen atoms in total. The van der Waals surface area contributed by atoms with E-state index in [4.69, 9.17) is 0 Å². The number of urea groups is 1. The lowest BCUT2D eigenvalue weighted by Crippen LogP contribution is -2.55. The summed E-state index contributed by atoms with van der Waals surface area (Å²) in [4.78, 5) is 61.0. The van der Waals surface area contributed by atoms with Crippen molar-refractivity contribution in [3.8, 4) is 0 Å². The number of hydrogen-bond donors (Lipinski definition) is 3. The van der Waals surface area contributed by atoms with Gasteiger partial charge in [0, 0.05) is 56.7 Å². The number of aromatic nitrogens is 2. The lowest BCUT2D eigenvalue weighted by molar-refractivity contribution is -0.140. The molecule has 3 saturated heterocycles. The van der Waals surface area contributed by atoms with Crippen molar-refractivity contribution in [1.29, 1.82) is 0 Å². The summed E-state index contributed by atoms with van der Waals surface area (Å²) >= 11 is 0. The molecule has 6 rings (SSSR count). The van der Waals surface area contributed by atoms with Crippen LogP contribution in [0.15, 0.2) is 36.5 Å². The highest BCUT2D eigenvalue weighted by Crippen LogP contribution is 2.28.